The number of aliphatic hydroxyl groups is 1. The highest BCUT2D eigenvalue weighted by molar-refractivity contribution is 6.03. The third-order valence-electron chi connectivity index (χ3n) is 6.81. The van der Waals surface area contributed by atoms with Crippen molar-refractivity contribution in [3.05, 3.63) is 100 Å². The van der Waals surface area contributed by atoms with E-state index in [4.69, 9.17) is 4.74 Å². The van der Waals surface area contributed by atoms with Crippen LogP contribution in [0.15, 0.2) is 66.7 Å². The molecule has 2 atom stereocenters. The maximum absolute atomic E-state index is 13.0. The summed E-state index contributed by atoms with van der Waals surface area (Å²) in [6.07, 6.45) is -0.0370. The predicted molar refractivity (Wildman–Crippen MR) is 139 cm³/mol. The number of fused-ring (bicyclic) bond motifs is 2. The van der Waals surface area contributed by atoms with Crippen LogP contribution < -0.4 is 15.4 Å². The number of methoxy groups -OCH3 is 1. The van der Waals surface area contributed by atoms with Crippen molar-refractivity contribution < 1.29 is 19.4 Å². The van der Waals surface area contributed by atoms with Crippen LogP contribution in [0.25, 0.3) is 0 Å². The maximum atomic E-state index is 13.0. The molecule has 0 aliphatic carbocycles. The van der Waals surface area contributed by atoms with Gasteiger partial charge in [0.25, 0.3) is 11.8 Å². The van der Waals surface area contributed by atoms with Crippen LogP contribution in [0.2, 0.25) is 0 Å². The number of ether oxygens (including phenoxy) is 1. The van der Waals surface area contributed by atoms with Gasteiger partial charge in [0.05, 0.1) is 18.8 Å². The van der Waals surface area contributed by atoms with E-state index in [9.17, 15) is 14.7 Å². The summed E-state index contributed by atoms with van der Waals surface area (Å²) in [5.74, 6) is -0.0718. The quantitative estimate of drug-likeness (QED) is 0.457. The molecule has 3 N–H and O–H groups in total. The van der Waals surface area contributed by atoms with E-state index < -0.39 is 6.10 Å². The molecule has 8 heteroatoms. The van der Waals surface area contributed by atoms with Gasteiger partial charge in [-0.25, -0.2) is 0 Å². The van der Waals surface area contributed by atoms with Gasteiger partial charge in [0.15, 0.2) is 0 Å². The van der Waals surface area contributed by atoms with Crippen molar-refractivity contribution in [3.8, 4) is 5.75 Å². The van der Waals surface area contributed by atoms with E-state index in [-0.39, 0.29) is 36.8 Å². The number of halogens is 1. The number of hydrogen-bond acceptors (Lipinski definition) is 5. The van der Waals surface area contributed by atoms with Crippen molar-refractivity contribution in [2.45, 2.75) is 38.2 Å². The first-order valence-corrected chi connectivity index (χ1v) is 11.8. The fourth-order valence-corrected chi connectivity index (χ4v) is 4.87. The van der Waals surface area contributed by atoms with Crippen molar-refractivity contribution in [1.82, 2.24) is 15.5 Å². The lowest BCUT2D eigenvalue weighted by Crippen LogP contribution is -2.49. The molecule has 0 spiro atoms. The number of benzene rings is 3. The second-order valence-electron chi connectivity index (χ2n) is 9.09. The van der Waals surface area contributed by atoms with Gasteiger partial charge in [0, 0.05) is 37.8 Å². The Hall–Kier alpha value is -3.39. The monoisotopic (exact) mass is 507 g/mol. The number of rotatable bonds is 7. The van der Waals surface area contributed by atoms with Crippen LogP contribution in [0.1, 0.15) is 43.0 Å². The summed E-state index contributed by atoms with van der Waals surface area (Å²) in [6, 6.07) is 21.2. The van der Waals surface area contributed by atoms with E-state index in [0.717, 1.165) is 11.1 Å². The number of carbonyl (C=O) groups excluding carboxylic acids is 2. The molecule has 3 aromatic carbocycles. The molecule has 7 nitrogen and oxygen atoms in total. The first-order valence-electron chi connectivity index (χ1n) is 11.8. The predicted octanol–water partition coefficient (Wildman–Crippen LogP) is 3.08. The zero-order valence-corrected chi connectivity index (χ0v) is 20.9. The first kappa shape index (κ1) is 25.7. The van der Waals surface area contributed by atoms with Crippen LogP contribution in [-0.4, -0.2) is 47.6 Å². The van der Waals surface area contributed by atoms with Gasteiger partial charge < -0.3 is 25.4 Å². The summed E-state index contributed by atoms with van der Waals surface area (Å²) in [7, 11) is 1.48. The first-order chi connectivity index (χ1) is 17.0. The van der Waals surface area contributed by atoms with Crippen molar-refractivity contribution in [2.75, 3.05) is 13.7 Å². The van der Waals surface area contributed by atoms with Gasteiger partial charge in [0.2, 0.25) is 0 Å². The Kier molecular flexibility index (Phi) is 7.94. The molecule has 2 heterocycles. The lowest BCUT2D eigenvalue weighted by Gasteiger charge is -2.30. The zero-order chi connectivity index (χ0) is 24.4. The Bertz CT molecular complexity index is 1250. The molecule has 36 heavy (non-hydrogen) atoms. The van der Waals surface area contributed by atoms with Crippen molar-refractivity contribution in [3.63, 3.8) is 0 Å². The van der Waals surface area contributed by atoms with Gasteiger partial charge in [-0.15, -0.1) is 12.4 Å². The fraction of sp³-hybridized carbons (Fsp3) is 0.286. The molecule has 2 unspecified atom stereocenters. The molecule has 0 bridgehead atoms. The summed E-state index contributed by atoms with van der Waals surface area (Å²) < 4.78 is 5.45. The number of amides is 2. The average molecular weight is 508 g/mol. The highest BCUT2D eigenvalue weighted by Crippen LogP contribution is 2.31. The van der Waals surface area contributed by atoms with Crippen molar-refractivity contribution in [1.29, 1.82) is 0 Å². The van der Waals surface area contributed by atoms with E-state index in [1.165, 1.54) is 18.2 Å². The van der Waals surface area contributed by atoms with Gasteiger partial charge in [-0.05, 0) is 40.8 Å². The third-order valence-corrected chi connectivity index (χ3v) is 6.81. The topological polar surface area (TPSA) is 90.9 Å². The molecule has 0 radical (unpaired) electrons. The Labute approximate surface area is 216 Å². The minimum atomic E-state index is -0.740. The van der Waals surface area contributed by atoms with Gasteiger partial charge in [-0.3, -0.25) is 9.59 Å². The minimum absolute atomic E-state index is 0. The van der Waals surface area contributed by atoms with Crippen molar-refractivity contribution in [2.24, 2.45) is 0 Å². The average Bonchev–Trinajstić information content (AvgIpc) is 3.20. The Morgan fingerprint density at radius 2 is 1.83 bits per heavy atom. The summed E-state index contributed by atoms with van der Waals surface area (Å²) in [5.41, 5.74) is 5.20. The number of carbonyl (C=O) groups is 2. The molecule has 2 aliphatic rings. The van der Waals surface area contributed by atoms with Crippen LogP contribution in [0.3, 0.4) is 0 Å². The molecule has 3 aromatic rings. The minimum Gasteiger partial charge on any atom is -0.496 e. The van der Waals surface area contributed by atoms with E-state index in [0.29, 0.717) is 42.9 Å². The van der Waals surface area contributed by atoms with Crippen LogP contribution in [-0.2, 0) is 26.1 Å². The van der Waals surface area contributed by atoms with Crippen molar-refractivity contribution >= 4 is 24.2 Å². The Balaban J connectivity index is 0.00000304. The highest BCUT2D eigenvalue weighted by Gasteiger charge is 2.31. The summed E-state index contributed by atoms with van der Waals surface area (Å²) in [6.45, 7) is 1.74. The van der Waals surface area contributed by atoms with E-state index in [1.54, 1.807) is 17.0 Å². The third kappa shape index (κ3) is 5.23. The van der Waals surface area contributed by atoms with Crippen LogP contribution in [0.4, 0.5) is 0 Å². The summed E-state index contributed by atoms with van der Waals surface area (Å²) >= 11 is 0. The van der Waals surface area contributed by atoms with Gasteiger partial charge in [-0.2, -0.15) is 0 Å². The molecule has 0 aromatic heterocycles. The number of aliphatic hydroxyl groups excluding tert-OH is 1. The lowest BCUT2D eigenvalue weighted by molar-refractivity contribution is 0.0766. The largest absolute Gasteiger partial charge is 0.496 e. The summed E-state index contributed by atoms with van der Waals surface area (Å²) in [5, 5.41) is 16.9. The van der Waals surface area contributed by atoms with E-state index in [1.807, 2.05) is 42.5 Å². The van der Waals surface area contributed by atoms with E-state index in [2.05, 4.69) is 22.8 Å². The number of nitrogens with zero attached hydrogens (tertiary/aromatic N) is 1. The number of hydrogen-bond donors (Lipinski definition) is 3. The van der Waals surface area contributed by atoms with Crippen LogP contribution in [0.5, 0.6) is 5.75 Å². The Morgan fingerprint density at radius 3 is 2.58 bits per heavy atom. The standard InChI is InChI=1S/C28H29N3O4.ClH/c1-35-26-13-22-21(17-31(28(22)34)16-18-7-3-2-4-8-18)11-23(26)27(33)30-15-25(32)24-12-19-9-5-6-10-20(19)14-29-24;/h2-11,13,24-25,29,32H,12,14-17H2,1H3,(H,30,33);1H. The molecule has 0 saturated carbocycles. The van der Waals surface area contributed by atoms with Crippen LogP contribution >= 0.6 is 12.4 Å². The van der Waals surface area contributed by atoms with Crippen LogP contribution in [0, 0.1) is 0 Å². The fourth-order valence-electron chi connectivity index (χ4n) is 4.87. The second-order valence-corrected chi connectivity index (χ2v) is 9.09. The molecule has 2 aliphatic heterocycles. The molecule has 2 amide bonds. The van der Waals surface area contributed by atoms with Gasteiger partial charge >= 0.3 is 0 Å². The molecule has 0 saturated heterocycles. The van der Waals surface area contributed by atoms with Gasteiger partial charge in [0.1, 0.15) is 5.75 Å². The molecule has 5 rings (SSSR count). The number of nitrogens with one attached hydrogen (secondary N) is 2. The SMILES string of the molecule is COc1cc2c(cc1C(=O)NCC(O)C1Cc3ccccc3CN1)CN(Cc1ccccc1)C2=O.Cl. The normalized spacial score (nSPS) is 17.0. The smallest absolute Gasteiger partial charge is 0.255 e. The van der Waals surface area contributed by atoms with Gasteiger partial charge in [-0.1, -0.05) is 54.6 Å². The Morgan fingerprint density at radius 1 is 1.11 bits per heavy atom. The molecular formula is C28H30ClN3O4. The lowest BCUT2D eigenvalue weighted by atomic mass is 9.93. The molecular weight excluding hydrogens is 478 g/mol. The highest BCUT2D eigenvalue weighted by atomic mass is 35.5. The molecule has 188 valence electrons. The van der Waals surface area contributed by atoms with E-state index >= 15 is 0 Å². The zero-order valence-electron chi connectivity index (χ0n) is 20.1. The maximum Gasteiger partial charge on any atom is 0.255 e. The molecule has 0 fully saturated rings. The summed E-state index contributed by atoms with van der Waals surface area (Å²) in [4.78, 5) is 27.8. The second kappa shape index (κ2) is 11.1.